The lowest BCUT2D eigenvalue weighted by Crippen LogP contribution is -2.13. The van der Waals surface area contributed by atoms with Crippen molar-refractivity contribution in [1.82, 2.24) is 0 Å². The maximum atomic E-state index is 12.3. The smallest absolute Gasteiger partial charge is 0.298 e. The van der Waals surface area contributed by atoms with Crippen molar-refractivity contribution in [3.8, 4) is 5.75 Å². The molecule has 3 rings (SSSR count). The number of benzene rings is 3. The summed E-state index contributed by atoms with van der Waals surface area (Å²) < 4.78 is 67.2. The van der Waals surface area contributed by atoms with Crippen molar-refractivity contribution in [3.63, 3.8) is 0 Å². The SMILES string of the molecule is CN(C)c1ccc(C(c2ccc(N(C)C)cc2)c2cc(O)c(S(=O)(=O)O)cc2S(=O)(=O)O)cc1. The van der Waals surface area contributed by atoms with E-state index in [1.165, 1.54) is 0 Å². The minimum atomic E-state index is -4.95. The van der Waals surface area contributed by atoms with Gasteiger partial charge in [-0.25, -0.2) is 0 Å². The molecule has 0 radical (unpaired) electrons. The molecule has 0 heterocycles. The first-order chi connectivity index (χ1) is 15.7. The van der Waals surface area contributed by atoms with Crippen LogP contribution in [0, 0.1) is 0 Å². The minimum Gasteiger partial charge on any atom is -0.506 e. The Morgan fingerprint density at radius 3 is 1.35 bits per heavy atom. The van der Waals surface area contributed by atoms with Crippen LogP contribution in [0.15, 0.2) is 70.5 Å². The zero-order valence-corrected chi connectivity index (χ0v) is 20.7. The largest absolute Gasteiger partial charge is 0.506 e. The third-order valence-electron chi connectivity index (χ3n) is 5.44. The molecular weight excluding hydrogens is 480 g/mol. The van der Waals surface area contributed by atoms with Gasteiger partial charge in [0.15, 0.2) is 0 Å². The predicted molar refractivity (Wildman–Crippen MR) is 130 cm³/mol. The highest BCUT2D eigenvalue weighted by atomic mass is 32.2. The van der Waals surface area contributed by atoms with Gasteiger partial charge < -0.3 is 14.9 Å². The van der Waals surface area contributed by atoms with Crippen LogP contribution >= 0.6 is 0 Å². The number of hydrogen-bond acceptors (Lipinski definition) is 7. The number of rotatable bonds is 7. The van der Waals surface area contributed by atoms with Gasteiger partial charge in [0.25, 0.3) is 20.2 Å². The maximum absolute atomic E-state index is 12.3. The van der Waals surface area contributed by atoms with Crippen molar-refractivity contribution >= 4 is 31.6 Å². The fourth-order valence-electron chi connectivity index (χ4n) is 3.70. The molecule has 0 atom stereocenters. The van der Waals surface area contributed by atoms with E-state index in [4.69, 9.17) is 0 Å². The summed E-state index contributed by atoms with van der Waals surface area (Å²) in [6.07, 6.45) is 0. The van der Waals surface area contributed by atoms with Crippen LogP contribution in [0.2, 0.25) is 0 Å². The summed E-state index contributed by atoms with van der Waals surface area (Å²) in [5, 5.41) is 10.4. The van der Waals surface area contributed by atoms with Crippen molar-refractivity contribution in [2.75, 3.05) is 38.0 Å². The topological polar surface area (TPSA) is 135 Å². The average Bonchev–Trinajstić information content (AvgIpc) is 2.73. The summed E-state index contributed by atoms with van der Waals surface area (Å²) in [5.41, 5.74) is 3.00. The molecule has 3 aromatic carbocycles. The Kier molecular flexibility index (Phi) is 6.94. The number of nitrogens with zero attached hydrogens (tertiary/aromatic N) is 2. The Hall–Kier alpha value is -3.12. The molecular formula is C23H26N2O7S2. The predicted octanol–water partition coefficient (Wildman–Crippen LogP) is 3.20. The monoisotopic (exact) mass is 506 g/mol. The van der Waals surface area contributed by atoms with Crippen molar-refractivity contribution in [2.24, 2.45) is 0 Å². The standard InChI is InChI=1S/C23H26N2O7S2/c1-24(2)17-9-5-15(6-10-17)23(16-7-11-18(12-8-16)25(3)4)19-13-20(26)22(34(30,31)32)14-21(19)33(27,28)29/h5-14,23,26H,1-4H3,(H,27,28,29)(H,30,31,32). The Labute approximate surface area is 199 Å². The highest BCUT2D eigenvalue weighted by molar-refractivity contribution is 7.86. The van der Waals surface area contributed by atoms with Crippen molar-refractivity contribution in [3.05, 3.63) is 77.4 Å². The molecule has 0 aliphatic heterocycles. The van der Waals surface area contributed by atoms with Gasteiger partial charge >= 0.3 is 0 Å². The molecule has 3 N–H and O–H groups in total. The number of phenolic OH excluding ortho intramolecular Hbond substituents is 1. The zero-order valence-electron chi connectivity index (χ0n) is 19.0. The lowest BCUT2D eigenvalue weighted by Gasteiger charge is -2.23. The minimum absolute atomic E-state index is 0.0531. The van der Waals surface area contributed by atoms with E-state index in [0.717, 1.165) is 17.4 Å². The number of aromatic hydroxyl groups is 1. The summed E-state index contributed by atoms with van der Waals surface area (Å²) in [7, 11) is -2.42. The molecule has 0 aliphatic rings. The number of hydrogen-bond donors (Lipinski definition) is 3. The maximum Gasteiger partial charge on any atom is 0.298 e. The fourth-order valence-corrected chi connectivity index (χ4v) is 5.11. The number of anilines is 2. The second-order valence-corrected chi connectivity index (χ2v) is 11.0. The van der Waals surface area contributed by atoms with E-state index in [-0.39, 0.29) is 5.56 Å². The average molecular weight is 507 g/mol. The van der Waals surface area contributed by atoms with Crippen LogP contribution in [-0.2, 0) is 20.2 Å². The van der Waals surface area contributed by atoms with E-state index >= 15 is 0 Å². The summed E-state index contributed by atoms with van der Waals surface area (Å²) in [6.45, 7) is 0. The number of phenols is 1. The van der Waals surface area contributed by atoms with E-state index in [0.29, 0.717) is 17.2 Å². The van der Waals surface area contributed by atoms with Crippen LogP contribution in [0.4, 0.5) is 11.4 Å². The molecule has 0 amide bonds. The van der Waals surface area contributed by atoms with Crippen LogP contribution in [0.25, 0.3) is 0 Å². The van der Waals surface area contributed by atoms with E-state index in [9.17, 15) is 31.0 Å². The first kappa shape index (κ1) is 25.5. The molecule has 0 bridgehead atoms. The molecule has 0 saturated carbocycles. The molecule has 0 spiro atoms. The van der Waals surface area contributed by atoms with Gasteiger partial charge in [0, 0.05) is 45.5 Å². The highest BCUT2D eigenvalue weighted by Crippen LogP contribution is 2.40. The van der Waals surface area contributed by atoms with Gasteiger partial charge in [0.2, 0.25) is 0 Å². The first-order valence-electron chi connectivity index (χ1n) is 10.1. The van der Waals surface area contributed by atoms with E-state index in [1.807, 2.05) is 62.3 Å². The second-order valence-electron chi connectivity index (χ2n) is 8.21. The molecule has 0 saturated heterocycles. The van der Waals surface area contributed by atoms with Crippen LogP contribution in [0.5, 0.6) is 5.75 Å². The van der Waals surface area contributed by atoms with Gasteiger partial charge in [-0.15, -0.1) is 0 Å². The van der Waals surface area contributed by atoms with Crippen molar-refractivity contribution in [2.45, 2.75) is 15.7 Å². The molecule has 0 unspecified atom stereocenters. The van der Waals surface area contributed by atoms with Crippen LogP contribution in [-0.4, -0.2) is 59.2 Å². The first-order valence-corrected chi connectivity index (χ1v) is 12.9. The third kappa shape index (κ3) is 5.33. The molecule has 11 heteroatoms. The van der Waals surface area contributed by atoms with E-state index < -0.39 is 41.7 Å². The molecule has 0 aliphatic carbocycles. The summed E-state index contributed by atoms with van der Waals surface area (Å²) >= 11 is 0. The van der Waals surface area contributed by atoms with Gasteiger partial charge in [-0.1, -0.05) is 24.3 Å². The summed E-state index contributed by atoms with van der Waals surface area (Å²) in [5.74, 6) is -1.64. The van der Waals surface area contributed by atoms with Crippen LogP contribution in [0.3, 0.4) is 0 Å². The van der Waals surface area contributed by atoms with Gasteiger partial charge in [-0.3, -0.25) is 9.11 Å². The summed E-state index contributed by atoms with van der Waals surface area (Å²) in [4.78, 5) is 2.02. The quantitative estimate of drug-likeness (QED) is 0.326. The highest BCUT2D eigenvalue weighted by Gasteiger charge is 2.30. The molecule has 0 fully saturated rings. The van der Waals surface area contributed by atoms with Crippen LogP contribution < -0.4 is 9.80 Å². The van der Waals surface area contributed by atoms with Crippen LogP contribution in [0.1, 0.15) is 22.6 Å². The molecule has 9 nitrogen and oxygen atoms in total. The van der Waals surface area contributed by atoms with Crippen molar-refractivity contribution < 1.29 is 31.0 Å². The second kappa shape index (κ2) is 9.26. The lowest BCUT2D eigenvalue weighted by atomic mass is 9.84. The Morgan fingerprint density at radius 1 is 0.647 bits per heavy atom. The van der Waals surface area contributed by atoms with E-state index in [1.54, 1.807) is 24.3 Å². The Morgan fingerprint density at radius 2 is 1.03 bits per heavy atom. The summed E-state index contributed by atoms with van der Waals surface area (Å²) in [6, 6.07) is 15.9. The molecule has 0 aromatic heterocycles. The van der Waals surface area contributed by atoms with Gasteiger partial charge in [-0.2, -0.15) is 16.8 Å². The molecule has 3 aromatic rings. The van der Waals surface area contributed by atoms with E-state index in [2.05, 4.69) is 0 Å². The van der Waals surface area contributed by atoms with Gasteiger partial charge in [-0.05, 0) is 53.1 Å². The van der Waals surface area contributed by atoms with Gasteiger partial charge in [0.05, 0.1) is 4.90 Å². The van der Waals surface area contributed by atoms with Crippen molar-refractivity contribution in [1.29, 1.82) is 0 Å². The lowest BCUT2D eigenvalue weighted by molar-refractivity contribution is 0.440. The molecule has 182 valence electrons. The fraction of sp³-hybridized carbons (Fsp3) is 0.217. The third-order valence-corrected chi connectivity index (χ3v) is 7.24. The normalized spacial score (nSPS) is 12.1. The Bertz CT molecular complexity index is 1350. The zero-order chi connectivity index (χ0) is 25.4. The van der Waals surface area contributed by atoms with Gasteiger partial charge in [0.1, 0.15) is 10.6 Å². The molecule has 34 heavy (non-hydrogen) atoms. The Balaban J connectivity index is 2.35.